The molecule has 7 heteroatoms. The normalized spacial score (nSPS) is 29.5. The van der Waals surface area contributed by atoms with E-state index in [1.807, 2.05) is 18.2 Å². The number of hydrogen-bond acceptors (Lipinski definition) is 4. The summed E-state index contributed by atoms with van der Waals surface area (Å²) in [4.78, 5) is 29.8. The van der Waals surface area contributed by atoms with Crippen molar-refractivity contribution in [3.8, 4) is 0 Å². The van der Waals surface area contributed by atoms with Gasteiger partial charge in [-0.05, 0) is 23.8 Å². The number of rotatable bonds is 5. The number of ether oxygens (including phenoxy) is 1. The lowest BCUT2D eigenvalue weighted by atomic mass is 9.76. The van der Waals surface area contributed by atoms with Gasteiger partial charge in [0.2, 0.25) is 11.8 Å². The molecular formula is C22H21FN2O4. The first kappa shape index (κ1) is 18.1. The molecule has 1 aromatic heterocycles. The van der Waals surface area contributed by atoms with Gasteiger partial charge in [0.05, 0.1) is 37.0 Å². The highest BCUT2D eigenvalue weighted by atomic mass is 19.1. The lowest BCUT2D eigenvalue weighted by molar-refractivity contribution is -0.142. The Kier molecular flexibility index (Phi) is 4.10. The number of furan rings is 1. The van der Waals surface area contributed by atoms with E-state index in [-0.39, 0.29) is 23.7 Å². The van der Waals surface area contributed by atoms with Gasteiger partial charge in [-0.25, -0.2) is 4.39 Å². The van der Waals surface area contributed by atoms with Crippen LogP contribution in [-0.2, 0) is 27.4 Å². The topological polar surface area (TPSA) is 63.0 Å². The van der Waals surface area contributed by atoms with Crippen molar-refractivity contribution < 1.29 is 23.1 Å². The predicted molar refractivity (Wildman–Crippen MR) is 101 cm³/mol. The number of fused-ring (bicyclic) bond motifs is 1. The van der Waals surface area contributed by atoms with Crippen LogP contribution >= 0.6 is 0 Å². The molecule has 29 heavy (non-hydrogen) atoms. The van der Waals surface area contributed by atoms with Crippen molar-refractivity contribution in [2.75, 3.05) is 13.6 Å². The summed E-state index contributed by atoms with van der Waals surface area (Å²) in [5.41, 5.74) is 0.985. The Morgan fingerprint density at radius 3 is 2.79 bits per heavy atom. The molecule has 0 unspecified atom stereocenters. The number of likely N-dealkylation sites (tertiary alicyclic amines) is 1. The van der Waals surface area contributed by atoms with Crippen LogP contribution in [-0.4, -0.2) is 46.9 Å². The highest BCUT2D eigenvalue weighted by molar-refractivity contribution is 5.93. The molecule has 5 rings (SSSR count). The molecule has 2 fully saturated rings. The minimum atomic E-state index is -0.751. The van der Waals surface area contributed by atoms with Crippen LogP contribution in [0, 0.1) is 17.7 Å². The molecule has 2 aromatic rings. The lowest BCUT2D eigenvalue weighted by Gasteiger charge is -2.27. The molecule has 0 radical (unpaired) electrons. The van der Waals surface area contributed by atoms with Gasteiger partial charge in [-0.3, -0.25) is 9.59 Å². The van der Waals surface area contributed by atoms with Crippen LogP contribution in [0.25, 0.3) is 0 Å². The first-order valence-corrected chi connectivity index (χ1v) is 9.63. The van der Waals surface area contributed by atoms with Crippen LogP contribution < -0.4 is 0 Å². The molecule has 6 nitrogen and oxygen atoms in total. The molecule has 0 N–H and O–H groups in total. The second-order valence-electron chi connectivity index (χ2n) is 8.05. The third-order valence-electron chi connectivity index (χ3n) is 6.13. The summed E-state index contributed by atoms with van der Waals surface area (Å²) in [6, 6.07) is 7.92. The number of amides is 2. The van der Waals surface area contributed by atoms with Crippen molar-refractivity contribution >= 4 is 11.8 Å². The highest BCUT2D eigenvalue weighted by Crippen LogP contribution is 2.52. The maximum atomic E-state index is 13.2. The SMILES string of the molecule is CN(Cc1ccoc1)C(=O)[C@@H]1[C@@H]2C=C[C@@]3(CN(Cc4ccc(F)cc4)C(=O)[C@H]13)O2. The average molecular weight is 396 g/mol. The fourth-order valence-electron chi connectivity index (χ4n) is 4.79. The summed E-state index contributed by atoms with van der Waals surface area (Å²) in [5.74, 6) is -1.58. The third kappa shape index (κ3) is 2.88. The fourth-order valence-corrected chi connectivity index (χ4v) is 4.79. The Labute approximate surface area is 167 Å². The molecule has 2 amide bonds. The molecule has 3 aliphatic rings. The minimum absolute atomic E-state index is 0.0868. The molecular weight excluding hydrogens is 375 g/mol. The molecule has 4 atom stereocenters. The second kappa shape index (κ2) is 6.56. The van der Waals surface area contributed by atoms with E-state index in [9.17, 15) is 14.0 Å². The van der Waals surface area contributed by atoms with Crippen molar-refractivity contribution in [3.05, 3.63) is 72.0 Å². The van der Waals surface area contributed by atoms with Gasteiger partial charge >= 0.3 is 0 Å². The van der Waals surface area contributed by atoms with E-state index in [4.69, 9.17) is 9.15 Å². The van der Waals surface area contributed by atoms with Crippen LogP contribution in [0.15, 0.2) is 59.4 Å². The maximum Gasteiger partial charge on any atom is 0.230 e. The zero-order valence-corrected chi connectivity index (χ0v) is 16.0. The molecule has 150 valence electrons. The van der Waals surface area contributed by atoms with E-state index < -0.39 is 17.4 Å². The first-order valence-electron chi connectivity index (χ1n) is 9.63. The number of carbonyl (C=O) groups excluding carboxylic acids is 2. The Morgan fingerprint density at radius 1 is 1.28 bits per heavy atom. The van der Waals surface area contributed by atoms with E-state index in [0.29, 0.717) is 19.6 Å². The van der Waals surface area contributed by atoms with Crippen LogP contribution in [0.3, 0.4) is 0 Å². The van der Waals surface area contributed by atoms with Gasteiger partial charge in [0.1, 0.15) is 11.4 Å². The zero-order valence-electron chi connectivity index (χ0n) is 16.0. The van der Waals surface area contributed by atoms with E-state index in [0.717, 1.165) is 11.1 Å². The molecule has 3 aliphatic heterocycles. The largest absolute Gasteiger partial charge is 0.472 e. The lowest BCUT2D eigenvalue weighted by Crippen LogP contribution is -2.44. The standard InChI is InChI=1S/C22H21FN2O4/c1-24(10-15-7-9-28-12-15)20(26)18-17-6-8-22(29-17)13-25(21(27)19(18)22)11-14-2-4-16(23)5-3-14/h2-9,12,17-19H,10-11,13H2,1H3/t17-,18+,19-,22-/m0/s1. The van der Waals surface area contributed by atoms with Gasteiger partial charge in [-0.2, -0.15) is 0 Å². The Morgan fingerprint density at radius 2 is 2.07 bits per heavy atom. The summed E-state index contributed by atoms with van der Waals surface area (Å²) in [5, 5.41) is 0. The smallest absolute Gasteiger partial charge is 0.230 e. The van der Waals surface area contributed by atoms with Crippen molar-refractivity contribution in [2.45, 2.75) is 24.8 Å². The average Bonchev–Trinajstić information content (AvgIpc) is 3.46. The van der Waals surface area contributed by atoms with Crippen molar-refractivity contribution in [1.29, 1.82) is 0 Å². The fraction of sp³-hybridized carbons (Fsp3) is 0.364. The maximum absolute atomic E-state index is 13.2. The molecule has 2 bridgehead atoms. The zero-order chi connectivity index (χ0) is 20.2. The third-order valence-corrected chi connectivity index (χ3v) is 6.13. The molecule has 1 spiro atoms. The summed E-state index contributed by atoms with van der Waals surface area (Å²) < 4.78 is 24.4. The van der Waals surface area contributed by atoms with E-state index in [1.165, 1.54) is 12.1 Å². The molecule has 0 saturated carbocycles. The summed E-state index contributed by atoms with van der Waals surface area (Å²) in [7, 11) is 1.73. The number of nitrogens with zero attached hydrogens (tertiary/aromatic N) is 2. The molecule has 4 heterocycles. The van der Waals surface area contributed by atoms with Gasteiger partial charge in [0.25, 0.3) is 0 Å². The van der Waals surface area contributed by atoms with E-state index in [1.54, 1.807) is 41.5 Å². The van der Waals surface area contributed by atoms with Crippen molar-refractivity contribution in [3.63, 3.8) is 0 Å². The molecule has 2 saturated heterocycles. The van der Waals surface area contributed by atoms with Gasteiger partial charge in [-0.15, -0.1) is 0 Å². The Balaban J connectivity index is 1.36. The predicted octanol–water partition coefficient (Wildman–Crippen LogP) is 2.36. The first-order chi connectivity index (χ1) is 14.0. The van der Waals surface area contributed by atoms with Crippen molar-refractivity contribution in [2.24, 2.45) is 11.8 Å². The van der Waals surface area contributed by atoms with E-state index >= 15 is 0 Å². The Bertz CT molecular complexity index is 971. The Hall–Kier alpha value is -2.93. The number of hydrogen-bond donors (Lipinski definition) is 0. The monoisotopic (exact) mass is 396 g/mol. The highest BCUT2D eigenvalue weighted by Gasteiger charge is 2.67. The minimum Gasteiger partial charge on any atom is -0.472 e. The van der Waals surface area contributed by atoms with Crippen LogP contribution in [0.5, 0.6) is 0 Å². The second-order valence-corrected chi connectivity index (χ2v) is 8.05. The van der Waals surface area contributed by atoms with Crippen LogP contribution in [0.4, 0.5) is 4.39 Å². The molecule has 0 aliphatic carbocycles. The van der Waals surface area contributed by atoms with Gasteiger partial charge < -0.3 is 19.0 Å². The summed E-state index contributed by atoms with van der Waals surface area (Å²) >= 11 is 0. The van der Waals surface area contributed by atoms with Crippen LogP contribution in [0.1, 0.15) is 11.1 Å². The van der Waals surface area contributed by atoms with E-state index in [2.05, 4.69) is 0 Å². The summed E-state index contributed by atoms with van der Waals surface area (Å²) in [6.45, 7) is 1.18. The molecule has 1 aromatic carbocycles. The van der Waals surface area contributed by atoms with Gasteiger partial charge in [0.15, 0.2) is 0 Å². The number of benzene rings is 1. The van der Waals surface area contributed by atoms with Crippen LogP contribution in [0.2, 0.25) is 0 Å². The van der Waals surface area contributed by atoms with Crippen molar-refractivity contribution in [1.82, 2.24) is 9.80 Å². The van der Waals surface area contributed by atoms with Gasteiger partial charge in [0, 0.05) is 25.7 Å². The van der Waals surface area contributed by atoms with Gasteiger partial charge in [-0.1, -0.05) is 24.3 Å². The number of halogens is 1. The quantitative estimate of drug-likeness (QED) is 0.728. The summed E-state index contributed by atoms with van der Waals surface area (Å²) in [6.07, 6.45) is 6.63. The number of carbonyl (C=O) groups is 2.